The maximum atomic E-state index is 13.0. The lowest BCUT2D eigenvalue weighted by Crippen LogP contribution is -2.25. The molecule has 0 aliphatic heterocycles. The second kappa shape index (κ2) is 9.51. The van der Waals surface area contributed by atoms with Crippen LogP contribution in [0.4, 0.5) is 4.39 Å². The molecule has 3 rings (SSSR count). The van der Waals surface area contributed by atoms with Gasteiger partial charge in [0.25, 0.3) is 5.91 Å². The number of halogens is 1. The number of aromatic carboxylic acids is 1. The number of carboxylic acid groups (broad SMARTS) is 1. The normalized spacial score (nSPS) is 10.3. The van der Waals surface area contributed by atoms with Crippen molar-refractivity contribution in [3.8, 4) is 11.5 Å². The Morgan fingerprint density at radius 3 is 2.40 bits per heavy atom. The predicted octanol–water partition coefficient (Wildman–Crippen LogP) is 3.44. The molecular formula is C22H19FN2O5. The van der Waals surface area contributed by atoms with Crippen molar-refractivity contribution < 1.29 is 28.6 Å². The number of ether oxygens (including phenoxy) is 2. The smallest absolute Gasteiger partial charge is 0.358 e. The summed E-state index contributed by atoms with van der Waals surface area (Å²) in [7, 11) is 1.34. The Balaban J connectivity index is 1.81. The van der Waals surface area contributed by atoms with E-state index in [1.807, 2.05) is 30.3 Å². The van der Waals surface area contributed by atoms with Gasteiger partial charge in [-0.1, -0.05) is 42.5 Å². The highest BCUT2D eigenvalue weighted by Crippen LogP contribution is 2.32. The molecule has 0 spiro atoms. The number of hydrogen-bond donors (Lipinski definition) is 2. The molecule has 0 fully saturated rings. The summed E-state index contributed by atoms with van der Waals surface area (Å²) < 4.78 is 23.9. The molecule has 2 aromatic carbocycles. The first-order valence-electron chi connectivity index (χ1n) is 8.99. The molecule has 0 saturated heterocycles. The van der Waals surface area contributed by atoms with E-state index in [0.29, 0.717) is 5.56 Å². The lowest BCUT2D eigenvalue weighted by atomic mass is 10.2. The van der Waals surface area contributed by atoms with Crippen molar-refractivity contribution in [1.29, 1.82) is 0 Å². The Labute approximate surface area is 172 Å². The van der Waals surface area contributed by atoms with Gasteiger partial charge in [0.2, 0.25) is 0 Å². The van der Waals surface area contributed by atoms with Crippen LogP contribution in [0.1, 0.15) is 32.1 Å². The zero-order valence-corrected chi connectivity index (χ0v) is 16.1. The summed E-state index contributed by atoms with van der Waals surface area (Å²) in [5, 5.41) is 12.2. The maximum absolute atomic E-state index is 13.0. The highest BCUT2D eigenvalue weighted by atomic mass is 19.1. The quantitative estimate of drug-likeness (QED) is 0.590. The fraction of sp³-hybridized carbons (Fsp3) is 0.136. The summed E-state index contributed by atoms with van der Waals surface area (Å²) in [6, 6.07) is 16.1. The fourth-order valence-electron chi connectivity index (χ4n) is 2.67. The summed E-state index contributed by atoms with van der Waals surface area (Å²) >= 11 is 0. The van der Waals surface area contributed by atoms with Crippen LogP contribution < -0.4 is 14.8 Å². The highest BCUT2D eigenvalue weighted by Gasteiger charge is 2.23. The summed E-state index contributed by atoms with van der Waals surface area (Å²) in [6.07, 6.45) is 0. The molecule has 0 aliphatic rings. The van der Waals surface area contributed by atoms with Gasteiger partial charge in [-0.2, -0.15) is 0 Å². The number of carbonyl (C=O) groups is 2. The van der Waals surface area contributed by atoms with E-state index in [1.54, 1.807) is 0 Å². The molecule has 0 aliphatic carbocycles. The molecule has 0 saturated carbocycles. The summed E-state index contributed by atoms with van der Waals surface area (Å²) in [5.41, 5.74) is 0.936. The Bertz CT molecular complexity index is 1040. The van der Waals surface area contributed by atoms with E-state index in [2.05, 4.69) is 10.3 Å². The van der Waals surface area contributed by atoms with Crippen molar-refractivity contribution >= 4 is 11.9 Å². The zero-order valence-electron chi connectivity index (χ0n) is 16.1. The van der Waals surface area contributed by atoms with Crippen LogP contribution in [0, 0.1) is 5.82 Å². The van der Waals surface area contributed by atoms with Crippen LogP contribution in [0.5, 0.6) is 11.5 Å². The molecule has 1 amide bonds. The van der Waals surface area contributed by atoms with Crippen LogP contribution in [0.25, 0.3) is 0 Å². The first-order chi connectivity index (χ1) is 14.5. The van der Waals surface area contributed by atoms with E-state index >= 15 is 0 Å². The van der Waals surface area contributed by atoms with Gasteiger partial charge in [-0.15, -0.1) is 0 Å². The molecule has 1 heterocycles. The van der Waals surface area contributed by atoms with E-state index in [1.165, 1.54) is 37.4 Å². The van der Waals surface area contributed by atoms with Crippen molar-refractivity contribution in [3.05, 3.63) is 89.0 Å². The van der Waals surface area contributed by atoms with Crippen molar-refractivity contribution in [1.82, 2.24) is 10.3 Å². The molecule has 0 atom stereocenters. The molecule has 8 heteroatoms. The van der Waals surface area contributed by atoms with Crippen LogP contribution in [0.2, 0.25) is 0 Å². The minimum Gasteiger partial charge on any atom is -0.493 e. The number of methoxy groups -OCH3 is 1. The van der Waals surface area contributed by atoms with Gasteiger partial charge in [0.05, 0.1) is 7.11 Å². The minimum atomic E-state index is -1.36. The zero-order chi connectivity index (χ0) is 21.5. The average molecular weight is 410 g/mol. The van der Waals surface area contributed by atoms with Crippen molar-refractivity contribution in [3.63, 3.8) is 0 Å². The summed E-state index contributed by atoms with van der Waals surface area (Å²) in [6.45, 7) is 0.229. The van der Waals surface area contributed by atoms with E-state index < -0.39 is 17.6 Å². The van der Waals surface area contributed by atoms with Crippen LogP contribution in [-0.2, 0) is 13.2 Å². The maximum Gasteiger partial charge on any atom is 0.358 e. The number of pyridine rings is 1. The van der Waals surface area contributed by atoms with Crippen LogP contribution in [0.15, 0.2) is 60.7 Å². The molecule has 0 bridgehead atoms. The van der Waals surface area contributed by atoms with E-state index in [0.717, 1.165) is 5.56 Å². The Hall–Kier alpha value is -3.94. The third-order valence-corrected chi connectivity index (χ3v) is 4.19. The van der Waals surface area contributed by atoms with Gasteiger partial charge in [-0.25, -0.2) is 14.2 Å². The van der Waals surface area contributed by atoms with Gasteiger partial charge in [-0.05, 0) is 23.3 Å². The number of carbonyl (C=O) groups excluding carboxylic acids is 1. The molecule has 3 aromatic rings. The van der Waals surface area contributed by atoms with Crippen LogP contribution in [0.3, 0.4) is 0 Å². The molecule has 7 nitrogen and oxygen atoms in total. The summed E-state index contributed by atoms with van der Waals surface area (Å²) in [4.78, 5) is 28.1. The number of benzene rings is 2. The third-order valence-electron chi connectivity index (χ3n) is 4.19. The Morgan fingerprint density at radius 1 is 1.07 bits per heavy atom. The Morgan fingerprint density at radius 2 is 1.77 bits per heavy atom. The predicted molar refractivity (Wildman–Crippen MR) is 106 cm³/mol. The second-order valence-corrected chi connectivity index (χ2v) is 6.28. The standard InChI is InChI=1S/C22H19FN2O5/c1-29-18-11-17(21(26)24-12-14-7-9-16(23)10-8-14)25-19(22(27)28)20(18)30-13-15-5-3-2-4-6-15/h2-11H,12-13H2,1H3,(H,24,26)(H,27,28). The van der Waals surface area contributed by atoms with Gasteiger partial charge >= 0.3 is 5.97 Å². The SMILES string of the molecule is COc1cc(C(=O)NCc2ccc(F)cc2)nc(C(=O)O)c1OCc1ccccc1. The fourth-order valence-corrected chi connectivity index (χ4v) is 2.67. The number of carboxylic acids is 1. The van der Waals surface area contributed by atoms with Gasteiger partial charge in [-0.3, -0.25) is 4.79 Å². The molecule has 30 heavy (non-hydrogen) atoms. The van der Waals surface area contributed by atoms with E-state index in [-0.39, 0.29) is 36.2 Å². The molecule has 0 unspecified atom stereocenters. The van der Waals surface area contributed by atoms with Crippen molar-refractivity contribution in [2.45, 2.75) is 13.2 Å². The van der Waals surface area contributed by atoms with Gasteiger partial charge in [0.1, 0.15) is 18.1 Å². The van der Waals surface area contributed by atoms with Gasteiger partial charge < -0.3 is 19.9 Å². The number of nitrogens with zero attached hydrogens (tertiary/aromatic N) is 1. The van der Waals surface area contributed by atoms with E-state index in [4.69, 9.17) is 9.47 Å². The highest BCUT2D eigenvalue weighted by molar-refractivity contribution is 5.96. The number of amides is 1. The van der Waals surface area contributed by atoms with Gasteiger partial charge in [0.15, 0.2) is 17.2 Å². The number of nitrogens with one attached hydrogen (secondary N) is 1. The van der Waals surface area contributed by atoms with Crippen LogP contribution in [-0.4, -0.2) is 29.1 Å². The minimum absolute atomic E-state index is 0.0658. The summed E-state index contributed by atoms with van der Waals surface area (Å²) in [5.74, 6) is -2.33. The topological polar surface area (TPSA) is 97.8 Å². The first-order valence-corrected chi connectivity index (χ1v) is 8.99. The second-order valence-electron chi connectivity index (χ2n) is 6.28. The largest absolute Gasteiger partial charge is 0.493 e. The molecule has 1 aromatic heterocycles. The molecule has 2 N–H and O–H groups in total. The number of rotatable bonds is 8. The molecular weight excluding hydrogens is 391 g/mol. The van der Waals surface area contributed by atoms with E-state index in [9.17, 15) is 19.1 Å². The van der Waals surface area contributed by atoms with Crippen molar-refractivity contribution in [2.24, 2.45) is 0 Å². The lowest BCUT2D eigenvalue weighted by molar-refractivity contribution is 0.0683. The molecule has 0 radical (unpaired) electrons. The van der Waals surface area contributed by atoms with Gasteiger partial charge in [0, 0.05) is 12.6 Å². The molecule has 154 valence electrons. The number of aromatic nitrogens is 1. The lowest BCUT2D eigenvalue weighted by Gasteiger charge is -2.14. The first kappa shape index (κ1) is 20.8. The Kier molecular flexibility index (Phi) is 6.59. The monoisotopic (exact) mass is 410 g/mol. The number of hydrogen-bond acceptors (Lipinski definition) is 5. The third kappa shape index (κ3) is 5.11. The average Bonchev–Trinajstić information content (AvgIpc) is 2.77. The van der Waals surface area contributed by atoms with Crippen molar-refractivity contribution in [2.75, 3.05) is 7.11 Å². The van der Waals surface area contributed by atoms with Crippen LogP contribution >= 0.6 is 0 Å².